The minimum absolute atomic E-state index is 0.144. The van der Waals surface area contributed by atoms with E-state index in [-0.39, 0.29) is 17.0 Å². The van der Waals surface area contributed by atoms with Gasteiger partial charge in [-0.15, -0.1) is 0 Å². The standard InChI is InChI=1S/C17H26N2O5S/c1-5-24-17(20)19-8-6-14(7-9-19)18-25(21,22)16-11-13(3)12(2)10-15(16)23-4/h10-11,14,18H,5-9H2,1-4H3. The third-order valence-corrected chi connectivity index (χ3v) is 5.95. The van der Waals surface area contributed by atoms with Crippen molar-refractivity contribution < 1.29 is 22.7 Å². The monoisotopic (exact) mass is 370 g/mol. The number of sulfonamides is 1. The fraction of sp³-hybridized carbons (Fsp3) is 0.588. The Morgan fingerprint density at radius 1 is 1.24 bits per heavy atom. The van der Waals surface area contributed by atoms with Crippen molar-refractivity contribution in [3.05, 3.63) is 23.3 Å². The molecule has 0 saturated carbocycles. The number of aryl methyl sites for hydroxylation is 2. The molecule has 0 aliphatic carbocycles. The third kappa shape index (κ3) is 4.64. The van der Waals surface area contributed by atoms with E-state index in [2.05, 4.69) is 4.72 Å². The number of likely N-dealkylation sites (tertiary alicyclic amines) is 1. The number of amides is 1. The molecule has 0 unspecified atom stereocenters. The van der Waals surface area contributed by atoms with Gasteiger partial charge in [0.2, 0.25) is 10.0 Å². The highest BCUT2D eigenvalue weighted by molar-refractivity contribution is 7.89. The summed E-state index contributed by atoms with van der Waals surface area (Å²) in [5.41, 5.74) is 1.86. The number of hydrogen-bond donors (Lipinski definition) is 1. The summed E-state index contributed by atoms with van der Waals surface area (Å²) in [6.45, 7) is 6.80. The van der Waals surface area contributed by atoms with Gasteiger partial charge in [-0.2, -0.15) is 0 Å². The molecule has 25 heavy (non-hydrogen) atoms. The Morgan fingerprint density at radius 2 is 1.84 bits per heavy atom. The zero-order valence-electron chi connectivity index (χ0n) is 15.2. The summed E-state index contributed by atoms with van der Waals surface area (Å²) in [7, 11) is -2.24. The molecule has 8 heteroatoms. The summed E-state index contributed by atoms with van der Waals surface area (Å²) < 4.78 is 38.5. The van der Waals surface area contributed by atoms with Crippen molar-refractivity contribution in [3.63, 3.8) is 0 Å². The van der Waals surface area contributed by atoms with Gasteiger partial charge in [0.05, 0.1) is 13.7 Å². The minimum atomic E-state index is -3.70. The molecule has 2 rings (SSSR count). The van der Waals surface area contributed by atoms with Crippen LogP contribution in [0.25, 0.3) is 0 Å². The summed E-state index contributed by atoms with van der Waals surface area (Å²) in [5.74, 6) is 0.333. The first-order valence-electron chi connectivity index (χ1n) is 8.37. The molecule has 0 bridgehead atoms. The number of nitrogens with one attached hydrogen (secondary N) is 1. The molecule has 140 valence electrons. The Balaban J connectivity index is 2.08. The molecule has 1 aromatic carbocycles. The quantitative estimate of drug-likeness (QED) is 0.859. The molecule has 1 aromatic rings. The smallest absolute Gasteiger partial charge is 0.409 e. The van der Waals surface area contributed by atoms with Crippen molar-refractivity contribution in [1.82, 2.24) is 9.62 Å². The maximum atomic E-state index is 12.8. The van der Waals surface area contributed by atoms with Crippen molar-refractivity contribution >= 4 is 16.1 Å². The lowest BCUT2D eigenvalue weighted by molar-refractivity contribution is 0.0966. The molecule has 1 aliphatic rings. The predicted molar refractivity (Wildman–Crippen MR) is 94.4 cm³/mol. The van der Waals surface area contributed by atoms with Crippen molar-refractivity contribution in [2.75, 3.05) is 26.8 Å². The molecule has 0 atom stereocenters. The number of ether oxygens (including phenoxy) is 2. The van der Waals surface area contributed by atoms with Crippen LogP contribution in [-0.2, 0) is 14.8 Å². The second-order valence-corrected chi connectivity index (χ2v) is 7.85. The maximum absolute atomic E-state index is 12.8. The molecular weight excluding hydrogens is 344 g/mol. The number of hydrogen-bond acceptors (Lipinski definition) is 5. The van der Waals surface area contributed by atoms with Crippen LogP contribution in [0.5, 0.6) is 5.75 Å². The maximum Gasteiger partial charge on any atom is 0.409 e. The predicted octanol–water partition coefficient (Wildman–Crippen LogP) is 2.21. The van der Waals surface area contributed by atoms with E-state index in [1.54, 1.807) is 24.0 Å². The van der Waals surface area contributed by atoms with E-state index in [0.29, 0.717) is 38.3 Å². The van der Waals surface area contributed by atoms with E-state index in [1.807, 2.05) is 13.8 Å². The molecule has 0 aromatic heterocycles. The highest BCUT2D eigenvalue weighted by Gasteiger charge is 2.29. The second kappa shape index (κ2) is 8.05. The fourth-order valence-corrected chi connectivity index (χ4v) is 4.35. The number of benzene rings is 1. The highest BCUT2D eigenvalue weighted by Crippen LogP contribution is 2.28. The average molecular weight is 370 g/mol. The lowest BCUT2D eigenvalue weighted by atomic mass is 10.1. The Hall–Kier alpha value is -1.80. The molecule has 1 aliphatic heterocycles. The zero-order chi connectivity index (χ0) is 18.6. The van der Waals surface area contributed by atoms with Gasteiger partial charge in [0.1, 0.15) is 10.6 Å². The largest absolute Gasteiger partial charge is 0.495 e. The van der Waals surface area contributed by atoms with Crippen LogP contribution >= 0.6 is 0 Å². The van der Waals surface area contributed by atoms with Crippen LogP contribution < -0.4 is 9.46 Å². The Bertz CT molecular complexity index is 725. The lowest BCUT2D eigenvalue weighted by Crippen LogP contribution is -2.46. The highest BCUT2D eigenvalue weighted by atomic mass is 32.2. The first kappa shape index (κ1) is 19.5. The molecule has 7 nitrogen and oxygen atoms in total. The fourth-order valence-electron chi connectivity index (χ4n) is 2.81. The van der Waals surface area contributed by atoms with E-state index in [4.69, 9.17) is 9.47 Å². The van der Waals surface area contributed by atoms with Crippen LogP contribution in [0.4, 0.5) is 4.79 Å². The summed E-state index contributed by atoms with van der Waals surface area (Å²) in [5, 5.41) is 0. The number of methoxy groups -OCH3 is 1. The average Bonchev–Trinajstić information content (AvgIpc) is 2.57. The minimum Gasteiger partial charge on any atom is -0.495 e. The van der Waals surface area contributed by atoms with E-state index in [9.17, 15) is 13.2 Å². The summed E-state index contributed by atoms with van der Waals surface area (Å²) >= 11 is 0. The van der Waals surface area contributed by atoms with Gasteiger partial charge in [0.25, 0.3) is 0 Å². The molecule has 0 spiro atoms. The van der Waals surface area contributed by atoms with Crippen molar-refractivity contribution in [2.24, 2.45) is 0 Å². The van der Waals surface area contributed by atoms with Crippen LogP contribution in [0.3, 0.4) is 0 Å². The van der Waals surface area contributed by atoms with Crippen molar-refractivity contribution in [3.8, 4) is 5.75 Å². The van der Waals surface area contributed by atoms with Crippen LogP contribution in [0, 0.1) is 13.8 Å². The number of rotatable bonds is 5. The Labute approximate surface area is 149 Å². The normalized spacial score (nSPS) is 15.9. The van der Waals surface area contributed by atoms with Gasteiger partial charge in [-0.25, -0.2) is 17.9 Å². The summed E-state index contributed by atoms with van der Waals surface area (Å²) in [4.78, 5) is 13.5. The van der Waals surface area contributed by atoms with Crippen molar-refractivity contribution in [2.45, 2.75) is 44.6 Å². The van der Waals surface area contributed by atoms with Crippen LogP contribution in [-0.4, -0.2) is 52.3 Å². The Kier molecular flexibility index (Phi) is 6.29. The Morgan fingerprint density at radius 3 is 2.40 bits per heavy atom. The van der Waals surface area contributed by atoms with Gasteiger partial charge >= 0.3 is 6.09 Å². The first-order chi connectivity index (χ1) is 11.8. The molecule has 1 amide bonds. The van der Waals surface area contributed by atoms with E-state index >= 15 is 0 Å². The summed E-state index contributed by atoms with van der Waals surface area (Å²) in [6.07, 6.45) is 0.746. The van der Waals surface area contributed by atoms with Gasteiger partial charge in [0.15, 0.2) is 0 Å². The summed E-state index contributed by atoms with van der Waals surface area (Å²) in [6, 6.07) is 3.14. The molecule has 1 heterocycles. The number of nitrogens with zero attached hydrogens (tertiary/aromatic N) is 1. The third-order valence-electron chi connectivity index (χ3n) is 4.41. The molecule has 1 fully saturated rings. The van der Waals surface area contributed by atoms with Crippen molar-refractivity contribution in [1.29, 1.82) is 0 Å². The van der Waals surface area contributed by atoms with Gasteiger partial charge in [-0.3, -0.25) is 0 Å². The first-order valence-corrected chi connectivity index (χ1v) is 9.86. The number of piperidine rings is 1. The molecular formula is C17H26N2O5S. The zero-order valence-corrected chi connectivity index (χ0v) is 16.0. The second-order valence-electron chi connectivity index (χ2n) is 6.17. The van der Waals surface area contributed by atoms with E-state index in [0.717, 1.165) is 11.1 Å². The van der Waals surface area contributed by atoms with Crippen LogP contribution in [0.15, 0.2) is 17.0 Å². The van der Waals surface area contributed by atoms with E-state index in [1.165, 1.54) is 7.11 Å². The lowest BCUT2D eigenvalue weighted by Gasteiger charge is -2.31. The molecule has 1 N–H and O–H groups in total. The molecule has 1 saturated heterocycles. The van der Waals surface area contributed by atoms with Gasteiger partial charge in [0, 0.05) is 19.1 Å². The topological polar surface area (TPSA) is 84.9 Å². The SMILES string of the molecule is CCOC(=O)N1CCC(NS(=O)(=O)c2cc(C)c(C)cc2OC)CC1. The van der Waals surface area contributed by atoms with Gasteiger partial charge < -0.3 is 14.4 Å². The molecule has 0 radical (unpaired) electrons. The van der Waals surface area contributed by atoms with E-state index < -0.39 is 10.0 Å². The number of carbonyl (C=O) groups excluding carboxylic acids is 1. The van der Waals surface area contributed by atoms with Crippen LogP contribution in [0.2, 0.25) is 0 Å². The van der Waals surface area contributed by atoms with Crippen LogP contribution in [0.1, 0.15) is 30.9 Å². The number of carbonyl (C=O) groups is 1. The van der Waals surface area contributed by atoms with Gasteiger partial charge in [-0.1, -0.05) is 0 Å². The van der Waals surface area contributed by atoms with Gasteiger partial charge in [-0.05, 0) is 56.9 Å².